The van der Waals surface area contributed by atoms with Crippen molar-refractivity contribution in [3.05, 3.63) is 71.3 Å². The molecule has 20 heavy (non-hydrogen) atoms. The number of nitriles is 1. The highest BCUT2D eigenvalue weighted by atomic mass is 16.3. The van der Waals surface area contributed by atoms with Gasteiger partial charge in [-0.3, -0.25) is 0 Å². The SMILES string of the molecule is N#CCC(NCc1cccc(CO)c1)c1ccccc1. The zero-order chi connectivity index (χ0) is 14.2. The Labute approximate surface area is 119 Å². The maximum Gasteiger partial charge on any atom is 0.0681 e. The van der Waals surface area contributed by atoms with Gasteiger partial charge in [-0.1, -0.05) is 54.6 Å². The molecule has 0 fully saturated rings. The lowest BCUT2D eigenvalue weighted by Gasteiger charge is -2.16. The topological polar surface area (TPSA) is 56.0 Å². The maximum atomic E-state index is 9.14. The average Bonchev–Trinajstić information content (AvgIpc) is 2.52. The van der Waals surface area contributed by atoms with Crippen LogP contribution in [0.25, 0.3) is 0 Å². The van der Waals surface area contributed by atoms with Crippen molar-refractivity contribution < 1.29 is 5.11 Å². The molecule has 1 unspecified atom stereocenters. The van der Waals surface area contributed by atoms with Crippen LogP contribution in [0.4, 0.5) is 0 Å². The van der Waals surface area contributed by atoms with Crippen molar-refractivity contribution in [2.24, 2.45) is 0 Å². The molecule has 102 valence electrons. The zero-order valence-corrected chi connectivity index (χ0v) is 11.3. The first-order chi connectivity index (χ1) is 9.83. The Morgan fingerprint density at radius 2 is 1.80 bits per heavy atom. The predicted octanol–water partition coefficient (Wildman–Crippen LogP) is 2.92. The number of hydrogen-bond acceptors (Lipinski definition) is 3. The molecule has 0 heterocycles. The first kappa shape index (κ1) is 14.3. The van der Waals surface area contributed by atoms with Crippen LogP contribution in [-0.4, -0.2) is 5.11 Å². The van der Waals surface area contributed by atoms with Crippen molar-refractivity contribution in [2.45, 2.75) is 25.6 Å². The maximum absolute atomic E-state index is 9.14. The number of aliphatic hydroxyl groups excluding tert-OH is 1. The van der Waals surface area contributed by atoms with Crippen LogP contribution < -0.4 is 5.32 Å². The third kappa shape index (κ3) is 3.92. The van der Waals surface area contributed by atoms with Gasteiger partial charge in [-0.05, 0) is 16.7 Å². The summed E-state index contributed by atoms with van der Waals surface area (Å²) in [4.78, 5) is 0. The summed E-state index contributed by atoms with van der Waals surface area (Å²) in [6.45, 7) is 0.725. The molecule has 2 rings (SSSR count). The second-order valence-electron chi connectivity index (χ2n) is 4.68. The normalized spacial score (nSPS) is 11.8. The van der Waals surface area contributed by atoms with Crippen LogP contribution in [-0.2, 0) is 13.2 Å². The molecule has 0 spiro atoms. The lowest BCUT2D eigenvalue weighted by molar-refractivity contribution is 0.281. The standard InChI is InChI=1S/C17H18N2O/c18-10-9-17(16-7-2-1-3-8-16)19-12-14-5-4-6-15(11-14)13-20/h1-8,11,17,19-20H,9,12-13H2. The van der Waals surface area contributed by atoms with E-state index in [1.165, 1.54) is 0 Å². The van der Waals surface area contributed by atoms with E-state index in [4.69, 9.17) is 10.4 Å². The van der Waals surface area contributed by atoms with Gasteiger partial charge in [0.2, 0.25) is 0 Å². The van der Waals surface area contributed by atoms with E-state index in [-0.39, 0.29) is 12.6 Å². The Kier molecular flexibility index (Phi) is 5.31. The van der Waals surface area contributed by atoms with Gasteiger partial charge in [0.25, 0.3) is 0 Å². The average molecular weight is 266 g/mol. The van der Waals surface area contributed by atoms with Crippen LogP contribution in [0.15, 0.2) is 54.6 Å². The van der Waals surface area contributed by atoms with Gasteiger partial charge >= 0.3 is 0 Å². The molecule has 2 aromatic rings. The van der Waals surface area contributed by atoms with Crippen molar-refractivity contribution in [2.75, 3.05) is 0 Å². The van der Waals surface area contributed by atoms with Crippen molar-refractivity contribution in [1.82, 2.24) is 5.32 Å². The summed E-state index contributed by atoms with van der Waals surface area (Å²) < 4.78 is 0. The first-order valence-electron chi connectivity index (χ1n) is 6.67. The first-order valence-corrected chi connectivity index (χ1v) is 6.67. The van der Waals surface area contributed by atoms with Gasteiger partial charge in [-0.15, -0.1) is 0 Å². The molecular weight excluding hydrogens is 248 g/mol. The highest BCUT2D eigenvalue weighted by molar-refractivity contribution is 5.24. The van der Waals surface area contributed by atoms with E-state index < -0.39 is 0 Å². The third-order valence-corrected chi connectivity index (χ3v) is 3.22. The second-order valence-corrected chi connectivity index (χ2v) is 4.68. The molecule has 0 saturated carbocycles. The number of nitrogens with one attached hydrogen (secondary N) is 1. The summed E-state index contributed by atoms with van der Waals surface area (Å²) >= 11 is 0. The highest BCUT2D eigenvalue weighted by Gasteiger charge is 2.10. The molecule has 2 N–H and O–H groups in total. The van der Waals surface area contributed by atoms with Gasteiger partial charge in [-0.25, -0.2) is 0 Å². The summed E-state index contributed by atoms with van der Waals surface area (Å²) in [7, 11) is 0. The molecule has 0 saturated heterocycles. The molecule has 0 radical (unpaired) electrons. The molecule has 2 aromatic carbocycles. The van der Waals surface area contributed by atoms with Crippen molar-refractivity contribution in [1.29, 1.82) is 5.26 Å². The van der Waals surface area contributed by atoms with E-state index in [1.54, 1.807) is 0 Å². The molecule has 3 heteroatoms. The van der Waals surface area contributed by atoms with Gasteiger partial charge in [0.1, 0.15) is 0 Å². The van der Waals surface area contributed by atoms with Crippen molar-refractivity contribution >= 4 is 0 Å². The molecular formula is C17H18N2O. The van der Waals surface area contributed by atoms with Crippen molar-refractivity contribution in [3.63, 3.8) is 0 Å². The van der Waals surface area contributed by atoms with E-state index in [1.807, 2.05) is 54.6 Å². The van der Waals surface area contributed by atoms with Gasteiger partial charge in [0, 0.05) is 12.6 Å². The second kappa shape index (κ2) is 7.44. The van der Waals surface area contributed by atoms with Crippen LogP contribution >= 0.6 is 0 Å². The molecule has 0 aliphatic carbocycles. The fourth-order valence-corrected chi connectivity index (χ4v) is 2.16. The summed E-state index contributed by atoms with van der Waals surface area (Å²) in [5.74, 6) is 0. The van der Waals surface area contributed by atoms with Gasteiger partial charge in [-0.2, -0.15) is 5.26 Å². The van der Waals surface area contributed by atoms with E-state index >= 15 is 0 Å². The Bertz CT molecular complexity index is 575. The molecule has 0 aliphatic heterocycles. The van der Waals surface area contributed by atoms with E-state index in [2.05, 4.69) is 11.4 Å². The van der Waals surface area contributed by atoms with Crippen LogP contribution in [0, 0.1) is 11.3 Å². The molecule has 0 amide bonds. The zero-order valence-electron chi connectivity index (χ0n) is 11.3. The van der Waals surface area contributed by atoms with Crippen LogP contribution in [0.2, 0.25) is 0 Å². The van der Waals surface area contributed by atoms with Gasteiger partial charge < -0.3 is 10.4 Å². The van der Waals surface area contributed by atoms with Crippen molar-refractivity contribution in [3.8, 4) is 6.07 Å². The number of nitrogens with zero attached hydrogens (tertiary/aromatic N) is 1. The van der Waals surface area contributed by atoms with Gasteiger partial charge in [0.05, 0.1) is 19.1 Å². The molecule has 0 aromatic heterocycles. The number of hydrogen-bond donors (Lipinski definition) is 2. The Balaban J connectivity index is 2.04. The largest absolute Gasteiger partial charge is 0.392 e. The Morgan fingerprint density at radius 1 is 1.05 bits per heavy atom. The number of aliphatic hydroxyl groups is 1. The molecule has 1 atom stereocenters. The van der Waals surface area contributed by atoms with E-state index in [0.29, 0.717) is 13.0 Å². The quantitative estimate of drug-likeness (QED) is 0.845. The summed E-state index contributed by atoms with van der Waals surface area (Å²) in [6.07, 6.45) is 0.434. The fourth-order valence-electron chi connectivity index (χ4n) is 2.16. The van der Waals surface area contributed by atoms with Gasteiger partial charge in [0.15, 0.2) is 0 Å². The molecule has 0 aliphatic rings. The minimum atomic E-state index is 0.0268. The van der Waals surface area contributed by atoms with E-state index in [9.17, 15) is 0 Å². The highest BCUT2D eigenvalue weighted by Crippen LogP contribution is 2.17. The lowest BCUT2D eigenvalue weighted by Crippen LogP contribution is -2.20. The molecule has 3 nitrogen and oxygen atoms in total. The summed E-state index contributed by atoms with van der Waals surface area (Å²) in [5, 5.41) is 21.5. The Hall–Kier alpha value is -2.15. The summed E-state index contributed by atoms with van der Waals surface area (Å²) in [6, 6.07) is 20.1. The Morgan fingerprint density at radius 3 is 2.50 bits per heavy atom. The van der Waals surface area contributed by atoms with Crippen LogP contribution in [0.5, 0.6) is 0 Å². The fraction of sp³-hybridized carbons (Fsp3) is 0.235. The summed E-state index contributed by atoms with van der Waals surface area (Å²) in [5.41, 5.74) is 3.13. The minimum absolute atomic E-state index is 0.0268. The van der Waals surface area contributed by atoms with Crippen LogP contribution in [0.1, 0.15) is 29.2 Å². The monoisotopic (exact) mass is 266 g/mol. The third-order valence-electron chi connectivity index (χ3n) is 3.22. The number of rotatable bonds is 6. The predicted molar refractivity (Wildman–Crippen MR) is 78.6 cm³/mol. The van der Waals surface area contributed by atoms with Crippen LogP contribution in [0.3, 0.4) is 0 Å². The minimum Gasteiger partial charge on any atom is -0.392 e. The number of benzene rings is 2. The lowest BCUT2D eigenvalue weighted by atomic mass is 10.0. The molecule has 0 bridgehead atoms. The smallest absolute Gasteiger partial charge is 0.0681 e. The van der Waals surface area contributed by atoms with E-state index in [0.717, 1.165) is 16.7 Å².